The highest BCUT2D eigenvalue weighted by molar-refractivity contribution is 6.07. The van der Waals surface area contributed by atoms with Crippen molar-refractivity contribution in [2.75, 3.05) is 5.32 Å². The molecule has 1 amide bonds. The second-order valence-electron chi connectivity index (χ2n) is 6.10. The largest absolute Gasteiger partial charge is 0.355 e. The number of hydrogen-bond acceptors (Lipinski definition) is 4. The van der Waals surface area contributed by atoms with Crippen molar-refractivity contribution in [1.29, 1.82) is 5.26 Å². The van der Waals surface area contributed by atoms with Crippen LogP contribution in [0.15, 0.2) is 77.3 Å². The zero-order valence-electron chi connectivity index (χ0n) is 14.3. The summed E-state index contributed by atoms with van der Waals surface area (Å²) in [6, 6.07) is 24.3. The summed E-state index contributed by atoms with van der Waals surface area (Å²) in [6.07, 6.45) is 0.348. The molecule has 5 heteroatoms. The zero-order valence-corrected chi connectivity index (χ0v) is 14.3. The number of nitrogens with one attached hydrogen (secondary N) is 1. The predicted molar refractivity (Wildman–Crippen MR) is 103 cm³/mol. The van der Waals surface area contributed by atoms with Gasteiger partial charge >= 0.3 is 0 Å². The Morgan fingerprint density at radius 1 is 1.04 bits per heavy atom. The van der Waals surface area contributed by atoms with E-state index in [2.05, 4.69) is 16.5 Å². The maximum absolute atomic E-state index is 12.6. The van der Waals surface area contributed by atoms with Crippen molar-refractivity contribution in [3.63, 3.8) is 0 Å². The summed E-state index contributed by atoms with van der Waals surface area (Å²) >= 11 is 0. The van der Waals surface area contributed by atoms with Crippen molar-refractivity contribution in [3.05, 3.63) is 83.9 Å². The molecule has 0 unspecified atom stereocenters. The van der Waals surface area contributed by atoms with Crippen LogP contribution in [0.1, 0.15) is 15.9 Å². The highest BCUT2D eigenvalue weighted by atomic mass is 16.5. The van der Waals surface area contributed by atoms with Crippen LogP contribution in [0.3, 0.4) is 0 Å². The van der Waals surface area contributed by atoms with Crippen molar-refractivity contribution >= 4 is 22.5 Å². The van der Waals surface area contributed by atoms with Gasteiger partial charge in [-0.15, -0.1) is 0 Å². The van der Waals surface area contributed by atoms with Crippen LogP contribution in [0.4, 0.5) is 5.69 Å². The quantitative estimate of drug-likeness (QED) is 0.571. The lowest BCUT2D eigenvalue weighted by Crippen LogP contribution is -2.11. The van der Waals surface area contributed by atoms with E-state index in [9.17, 15) is 4.79 Å². The summed E-state index contributed by atoms with van der Waals surface area (Å²) in [7, 11) is 0. The van der Waals surface area contributed by atoms with Crippen molar-refractivity contribution in [2.45, 2.75) is 6.42 Å². The minimum atomic E-state index is -0.217. The van der Waals surface area contributed by atoms with Crippen LogP contribution in [0.2, 0.25) is 0 Å². The van der Waals surface area contributed by atoms with Crippen LogP contribution in [-0.2, 0) is 6.42 Å². The number of carbonyl (C=O) groups excluding carboxylic acids is 1. The van der Waals surface area contributed by atoms with E-state index in [0.29, 0.717) is 28.9 Å². The van der Waals surface area contributed by atoms with Crippen molar-refractivity contribution in [1.82, 2.24) is 5.16 Å². The Hall–Kier alpha value is -3.91. The first-order chi connectivity index (χ1) is 13.2. The lowest BCUT2D eigenvalue weighted by atomic mass is 10.1. The molecule has 130 valence electrons. The number of rotatable bonds is 4. The van der Waals surface area contributed by atoms with Gasteiger partial charge in [0.25, 0.3) is 5.91 Å². The van der Waals surface area contributed by atoms with E-state index in [0.717, 1.165) is 16.5 Å². The van der Waals surface area contributed by atoms with E-state index in [1.165, 1.54) is 0 Å². The number of nitrogens with zero attached hydrogens (tertiary/aromatic N) is 2. The number of hydrogen-bond donors (Lipinski definition) is 1. The number of amides is 1. The third kappa shape index (κ3) is 3.42. The Bertz CT molecular complexity index is 1140. The van der Waals surface area contributed by atoms with Gasteiger partial charge in [0.05, 0.1) is 17.9 Å². The monoisotopic (exact) mass is 353 g/mol. The molecule has 0 fully saturated rings. The molecule has 5 nitrogen and oxygen atoms in total. The standard InChI is InChI=1S/C22H15N3O2/c23-13-12-15-6-9-18(10-7-15)24-22(26)17-8-11-20-19(14-17)21(27-25-20)16-4-2-1-3-5-16/h1-11,14H,12H2,(H,24,26). The maximum atomic E-state index is 12.6. The third-order valence-electron chi connectivity index (χ3n) is 4.27. The van der Waals surface area contributed by atoms with Crippen molar-refractivity contribution in [2.24, 2.45) is 0 Å². The highest BCUT2D eigenvalue weighted by Crippen LogP contribution is 2.29. The normalized spacial score (nSPS) is 10.5. The Balaban J connectivity index is 1.61. The van der Waals surface area contributed by atoms with E-state index >= 15 is 0 Å². The fourth-order valence-corrected chi connectivity index (χ4v) is 2.88. The van der Waals surface area contributed by atoms with Crippen LogP contribution in [0.5, 0.6) is 0 Å². The summed E-state index contributed by atoms with van der Waals surface area (Å²) < 4.78 is 5.48. The Morgan fingerprint density at radius 3 is 2.56 bits per heavy atom. The summed E-state index contributed by atoms with van der Waals surface area (Å²) in [6.45, 7) is 0. The Morgan fingerprint density at radius 2 is 1.81 bits per heavy atom. The van der Waals surface area contributed by atoms with Gasteiger partial charge in [0.1, 0.15) is 5.52 Å². The SMILES string of the molecule is N#CCc1ccc(NC(=O)c2ccc3noc(-c4ccccc4)c3c2)cc1. The second-order valence-corrected chi connectivity index (χ2v) is 6.10. The molecule has 1 heterocycles. The molecule has 0 aliphatic rings. The van der Waals surface area contributed by atoms with Gasteiger partial charge in [-0.3, -0.25) is 4.79 Å². The molecule has 0 saturated carbocycles. The molecule has 4 rings (SSSR count). The molecule has 4 aromatic rings. The molecule has 0 radical (unpaired) electrons. The smallest absolute Gasteiger partial charge is 0.255 e. The van der Waals surface area contributed by atoms with E-state index in [4.69, 9.17) is 9.78 Å². The molecule has 1 aromatic heterocycles. The lowest BCUT2D eigenvalue weighted by molar-refractivity contribution is 0.102. The average Bonchev–Trinajstić information content (AvgIpc) is 3.13. The minimum absolute atomic E-state index is 0.217. The van der Waals surface area contributed by atoms with Gasteiger partial charge in [0, 0.05) is 16.8 Å². The number of aromatic nitrogens is 1. The molecule has 0 aliphatic heterocycles. The Kier molecular flexibility index (Phi) is 4.38. The molecule has 27 heavy (non-hydrogen) atoms. The van der Waals surface area contributed by atoms with Gasteiger partial charge in [-0.25, -0.2) is 0 Å². The molecule has 0 bridgehead atoms. The summed E-state index contributed by atoms with van der Waals surface area (Å²) in [4.78, 5) is 12.6. The van der Waals surface area contributed by atoms with E-state index < -0.39 is 0 Å². The maximum Gasteiger partial charge on any atom is 0.255 e. The molecule has 3 aromatic carbocycles. The lowest BCUT2D eigenvalue weighted by Gasteiger charge is -2.06. The van der Waals surface area contributed by atoms with Gasteiger partial charge in [-0.2, -0.15) is 5.26 Å². The van der Waals surface area contributed by atoms with Crippen LogP contribution in [0, 0.1) is 11.3 Å². The first-order valence-electron chi connectivity index (χ1n) is 8.47. The van der Waals surface area contributed by atoms with Crippen LogP contribution < -0.4 is 5.32 Å². The minimum Gasteiger partial charge on any atom is -0.355 e. The number of carbonyl (C=O) groups is 1. The molecular formula is C22H15N3O2. The molecular weight excluding hydrogens is 338 g/mol. The fraction of sp³-hybridized carbons (Fsp3) is 0.0455. The predicted octanol–water partition coefficient (Wildman–Crippen LogP) is 4.81. The zero-order chi connectivity index (χ0) is 18.6. The van der Waals surface area contributed by atoms with Crippen LogP contribution in [0.25, 0.3) is 22.2 Å². The first-order valence-corrected chi connectivity index (χ1v) is 8.47. The Labute approximate surface area is 155 Å². The number of anilines is 1. The average molecular weight is 353 g/mol. The molecule has 0 saturated heterocycles. The summed E-state index contributed by atoms with van der Waals surface area (Å²) in [5.74, 6) is 0.422. The fourth-order valence-electron chi connectivity index (χ4n) is 2.88. The van der Waals surface area contributed by atoms with E-state index in [1.807, 2.05) is 42.5 Å². The molecule has 1 N–H and O–H groups in total. The van der Waals surface area contributed by atoms with E-state index in [1.54, 1.807) is 30.3 Å². The first kappa shape index (κ1) is 16.6. The van der Waals surface area contributed by atoms with Crippen LogP contribution in [-0.4, -0.2) is 11.1 Å². The number of benzene rings is 3. The van der Waals surface area contributed by atoms with Gasteiger partial charge < -0.3 is 9.84 Å². The molecule has 0 spiro atoms. The summed E-state index contributed by atoms with van der Waals surface area (Å²) in [5, 5.41) is 16.5. The third-order valence-corrected chi connectivity index (χ3v) is 4.27. The topological polar surface area (TPSA) is 78.9 Å². The number of nitriles is 1. The van der Waals surface area contributed by atoms with Crippen molar-refractivity contribution in [3.8, 4) is 17.4 Å². The van der Waals surface area contributed by atoms with Gasteiger partial charge in [0.15, 0.2) is 5.76 Å². The van der Waals surface area contributed by atoms with E-state index in [-0.39, 0.29) is 5.91 Å². The second kappa shape index (κ2) is 7.14. The van der Waals surface area contributed by atoms with Crippen molar-refractivity contribution < 1.29 is 9.32 Å². The molecule has 0 aliphatic carbocycles. The van der Waals surface area contributed by atoms with Crippen LogP contribution >= 0.6 is 0 Å². The highest BCUT2D eigenvalue weighted by Gasteiger charge is 2.14. The number of fused-ring (bicyclic) bond motifs is 1. The van der Waals surface area contributed by atoms with Gasteiger partial charge in [-0.1, -0.05) is 47.6 Å². The summed E-state index contributed by atoms with van der Waals surface area (Å²) in [5.41, 5.74) is 3.71. The van der Waals surface area contributed by atoms with Gasteiger partial charge in [-0.05, 0) is 35.9 Å². The molecule has 0 atom stereocenters. The van der Waals surface area contributed by atoms with Gasteiger partial charge in [0.2, 0.25) is 0 Å².